The topological polar surface area (TPSA) is 38.7 Å². The van der Waals surface area contributed by atoms with Gasteiger partial charge in [0.05, 0.1) is 11.3 Å². The number of pyridine rings is 1. The predicted molar refractivity (Wildman–Crippen MR) is 55.3 cm³/mol. The zero-order valence-electron chi connectivity index (χ0n) is 8.24. The monoisotopic (exact) mass is 259 g/mol. The van der Waals surface area contributed by atoms with Crippen LogP contribution >= 0.6 is 11.6 Å². The highest BCUT2D eigenvalue weighted by atomic mass is 35.5. The lowest BCUT2D eigenvalue weighted by atomic mass is 10.1. The molecule has 0 fully saturated rings. The molecule has 3 nitrogen and oxygen atoms in total. The molecule has 0 saturated heterocycles. The van der Waals surface area contributed by atoms with Gasteiger partial charge in [0.25, 0.3) is 0 Å². The Morgan fingerprint density at radius 3 is 2.59 bits per heavy atom. The normalized spacial score (nSPS) is 11.5. The summed E-state index contributed by atoms with van der Waals surface area (Å²) in [6, 6.07) is 2.15. The van der Waals surface area contributed by atoms with Crippen LogP contribution in [0, 0.1) is 0 Å². The smallest absolute Gasteiger partial charge is 0.264 e. The van der Waals surface area contributed by atoms with Crippen molar-refractivity contribution >= 4 is 11.6 Å². The molecule has 0 aliphatic carbocycles. The van der Waals surface area contributed by atoms with Gasteiger partial charge in [-0.15, -0.1) is 0 Å². The van der Waals surface area contributed by atoms with Crippen LogP contribution < -0.4 is 0 Å². The Hall–Kier alpha value is -1.69. The number of aromatic nitrogens is 3. The van der Waals surface area contributed by atoms with E-state index in [0.29, 0.717) is 0 Å². The van der Waals surface area contributed by atoms with Gasteiger partial charge in [-0.2, -0.15) is 13.2 Å². The van der Waals surface area contributed by atoms with Crippen molar-refractivity contribution in [2.45, 2.75) is 6.18 Å². The predicted octanol–water partition coefficient (Wildman–Crippen LogP) is 3.21. The van der Waals surface area contributed by atoms with Gasteiger partial charge >= 0.3 is 6.18 Å². The van der Waals surface area contributed by atoms with Crippen molar-refractivity contribution in [3.8, 4) is 11.3 Å². The first-order valence-corrected chi connectivity index (χ1v) is 4.85. The molecular weight excluding hydrogens is 255 g/mol. The lowest BCUT2D eigenvalue weighted by Crippen LogP contribution is -2.07. The minimum Gasteiger partial charge on any atom is -0.264 e. The quantitative estimate of drug-likeness (QED) is 0.738. The molecule has 0 saturated carbocycles. The summed E-state index contributed by atoms with van der Waals surface area (Å²) in [5.74, 6) is 0. The molecule has 7 heteroatoms. The number of nitrogens with zero attached hydrogens (tertiary/aromatic N) is 3. The third-order valence-electron chi connectivity index (χ3n) is 2.04. The van der Waals surface area contributed by atoms with Crippen molar-refractivity contribution in [1.82, 2.24) is 15.0 Å². The molecule has 2 aromatic rings. The van der Waals surface area contributed by atoms with E-state index in [1.165, 1.54) is 6.07 Å². The molecule has 0 bridgehead atoms. The first kappa shape index (κ1) is 11.8. The van der Waals surface area contributed by atoms with Gasteiger partial charge in [0, 0.05) is 24.0 Å². The Morgan fingerprint density at radius 1 is 1.18 bits per heavy atom. The summed E-state index contributed by atoms with van der Waals surface area (Å²) >= 11 is 5.61. The van der Waals surface area contributed by atoms with Crippen LogP contribution in [0.4, 0.5) is 13.2 Å². The van der Waals surface area contributed by atoms with E-state index < -0.39 is 11.7 Å². The van der Waals surface area contributed by atoms with Gasteiger partial charge < -0.3 is 0 Å². The number of halogens is 4. The van der Waals surface area contributed by atoms with E-state index >= 15 is 0 Å². The van der Waals surface area contributed by atoms with Gasteiger partial charge in [0.2, 0.25) is 0 Å². The van der Waals surface area contributed by atoms with Crippen LogP contribution in [0.3, 0.4) is 0 Å². The van der Waals surface area contributed by atoms with Crippen LogP contribution in [-0.2, 0) is 6.18 Å². The second-order valence-electron chi connectivity index (χ2n) is 3.14. The number of hydrogen-bond acceptors (Lipinski definition) is 3. The standard InChI is InChI=1S/C10H5ClF3N3/c11-9-3-8(16-5-17-9)6-4-15-2-1-7(6)10(12,13)14/h1-5H. The molecule has 88 valence electrons. The molecule has 0 aliphatic rings. The Bertz CT molecular complexity index is 542. The summed E-state index contributed by atoms with van der Waals surface area (Å²) in [7, 11) is 0. The van der Waals surface area contributed by atoms with Gasteiger partial charge in [-0.1, -0.05) is 11.6 Å². The highest BCUT2D eigenvalue weighted by Gasteiger charge is 2.33. The zero-order chi connectivity index (χ0) is 12.5. The fraction of sp³-hybridized carbons (Fsp3) is 0.100. The summed E-state index contributed by atoms with van der Waals surface area (Å²) < 4.78 is 38.2. The van der Waals surface area contributed by atoms with Crippen molar-refractivity contribution in [1.29, 1.82) is 0 Å². The second kappa shape index (κ2) is 4.29. The fourth-order valence-electron chi connectivity index (χ4n) is 1.33. The average molecular weight is 260 g/mol. The van der Waals surface area contributed by atoms with Crippen LogP contribution in [0.1, 0.15) is 5.56 Å². The van der Waals surface area contributed by atoms with Gasteiger partial charge in [0.1, 0.15) is 11.5 Å². The zero-order valence-corrected chi connectivity index (χ0v) is 9.00. The van der Waals surface area contributed by atoms with Crippen LogP contribution in [0.5, 0.6) is 0 Å². The van der Waals surface area contributed by atoms with E-state index in [9.17, 15) is 13.2 Å². The first-order valence-electron chi connectivity index (χ1n) is 4.47. The lowest BCUT2D eigenvalue weighted by Gasteiger charge is -2.11. The molecule has 0 aromatic carbocycles. The molecule has 0 atom stereocenters. The van der Waals surface area contributed by atoms with Crippen LogP contribution in [-0.4, -0.2) is 15.0 Å². The Morgan fingerprint density at radius 2 is 1.94 bits per heavy atom. The average Bonchev–Trinajstić information content (AvgIpc) is 2.28. The minimum atomic E-state index is -4.46. The molecular formula is C10H5ClF3N3. The number of alkyl halides is 3. The Kier molecular flexibility index (Phi) is 2.97. The maximum Gasteiger partial charge on any atom is 0.417 e. The van der Waals surface area contributed by atoms with Crippen LogP contribution in [0.2, 0.25) is 5.15 Å². The molecule has 2 heterocycles. The molecule has 17 heavy (non-hydrogen) atoms. The highest BCUT2D eigenvalue weighted by molar-refractivity contribution is 6.29. The lowest BCUT2D eigenvalue weighted by molar-refractivity contribution is -0.137. The van der Waals surface area contributed by atoms with E-state index in [-0.39, 0.29) is 16.4 Å². The third-order valence-corrected chi connectivity index (χ3v) is 2.24. The molecule has 0 spiro atoms. The van der Waals surface area contributed by atoms with Gasteiger partial charge in [0.15, 0.2) is 0 Å². The second-order valence-corrected chi connectivity index (χ2v) is 3.53. The van der Waals surface area contributed by atoms with E-state index in [1.807, 2.05) is 0 Å². The van der Waals surface area contributed by atoms with Crippen molar-refractivity contribution in [2.24, 2.45) is 0 Å². The summed E-state index contributed by atoms with van der Waals surface area (Å²) in [6.07, 6.45) is -1.18. The Balaban J connectivity index is 2.60. The molecule has 2 rings (SSSR count). The SMILES string of the molecule is FC(F)(F)c1ccncc1-c1cc(Cl)ncn1. The van der Waals surface area contributed by atoms with E-state index in [4.69, 9.17) is 11.6 Å². The summed E-state index contributed by atoms with van der Waals surface area (Å²) in [6.45, 7) is 0. The van der Waals surface area contributed by atoms with Gasteiger partial charge in [-0.25, -0.2) is 9.97 Å². The number of hydrogen-bond donors (Lipinski definition) is 0. The number of rotatable bonds is 1. The van der Waals surface area contributed by atoms with E-state index in [2.05, 4.69) is 15.0 Å². The minimum absolute atomic E-state index is 0.0759. The maximum atomic E-state index is 12.7. The first-order chi connectivity index (χ1) is 7.98. The van der Waals surface area contributed by atoms with Crippen LogP contribution in [0.15, 0.2) is 30.9 Å². The Labute approximate surface area is 99.3 Å². The molecule has 0 aliphatic heterocycles. The third kappa shape index (κ3) is 2.52. The summed E-state index contributed by atoms with van der Waals surface area (Å²) in [5, 5.41) is 0.0759. The van der Waals surface area contributed by atoms with Crippen molar-refractivity contribution in [2.75, 3.05) is 0 Å². The van der Waals surface area contributed by atoms with Gasteiger partial charge in [-0.3, -0.25) is 4.98 Å². The highest BCUT2D eigenvalue weighted by Crippen LogP contribution is 2.35. The van der Waals surface area contributed by atoms with E-state index in [1.54, 1.807) is 0 Å². The van der Waals surface area contributed by atoms with E-state index in [0.717, 1.165) is 24.8 Å². The molecule has 0 amide bonds. The molecule has 2 aromatic heterocycles. The fourth-order valence-corrected chi connectivity index (χ4v) is 1.47. The van der Waals surface area contributed by atoms with Crippen molar-refractivity contribution in [3.05, 3.63) is 41.6 Å². The molecule has 0 unspecified atom stereocenters. The molecule has 0 N–H and O–H groups in total. The summed E-state index contributed by atoms with van der Waals surface area (Å²) in [5.41, 5.74) is -0.836. The van der Waals surface area contributed by atoms with Crippen molar-refractivity contribution < 1.29 is 13.2 Å². The summed E-state index contributed by atoms with van der Waals surface area (Å²) in [4.78, 5) is 11.0. The van der Waals surface area contributed by atoms with Crippen LogP contribution in [0.25, 0.3) is 11.3 Å². The largest absolute Gasteiger partial charge is 0.417 e. The van der Waals surface area contributed by atoms with Gasteiger partial charge in [-0.05, 0) is 6.07 Å². The van der Waals surface area contributed by atoms with Crippen molar-refractivity contribution in [3.63, 3.8) is 0 Å². The maximum absolute atomic E-state index is 12.7. The molecule has 0 radical (unpaired) electrons.